The van der Waals surface area contributed by atoms with Crippen LogP contribution in [0.5, 0.6) is 0 Å². The van der Waals surface area contributed by atoms with Crippen LogP contribution in [0.25, 0.3) is 0 Å². The number of pyridine rings is 1. The van der Waals surface area contributed by atoms with Gasteiger partial charge in [-0.25, -0.2) is 13.2 Å². The normalized spacial score (nSPS) is 10.7. The summed E-state index contributed by atoms with van der Waals surface area (Å²) in [5.74, 6) is -2.01. The maximum absolute atomic E-state index is 13.0. The quantitative estimate of drug-likeness (QED) is 0.487. The SMILES string of the molecule is O=[N+]([O-])c1nc(CBr)c(F)cc1C(F)F. The van der Waals surface area contributed by atoms with E-state index in [1.807, 2.05) is 0 Å². The molecule has 0 amide bonds. The van der Waals surface area contributed by atoms with Crippen molar-refractivity contribution >= 4 is 21.7 Å². The van der Waals surface area contributed by atoms with Crippen molar-refractivity contribution in [2.75, 3.05) is 0 Å². The Morgan fingerprint density at radius 2 is 2.20 bits per heavy atom. The maximum Gasteiger partial charge on any atom is 0.372 e. The molecule has 0 aromatic carbocycles. The molecule has 1 aromatic rings. The molecule has 0 saturated heterocycles. The van der Waals surface area contributed by atoms with Gasteiger partial charge in [-0.15, -0.1) is 0 Å². The molecule has 0 radical (unpaired) electrons. The number of halogens is 4. The second kappa shape index (κ2) is 4.56. The number of aromatic nitrogens is 1. The van der Waals surface area contributed by atoms with E-state index in [2.05, 4.69) is 20.9 Å². The van der Waals surface area contributed by atoms with Crippen molar-refractivity contribution in [3.8, 4) is 0 Å². The van der Waals surface area contributed by atoms with E-state index in [1.54, 1.807) is 0 Å². The van der Waals surface area contributed by atoms with Gasteiger partial charge < -0.3 is 10.1 Å². The first-order valence-electron chi connectivity index (χ1n) is 3.65. The van der Waals surface area contributed by atoms with Gasteiger partial charge in [0.25, 0.3) is 6.43 Å². The first-order valence-corrected chi connectivity index (χ1v) is 4.77. The Morgan fingerprint density at radius 1 is 1.60 bits per heavy atom. The zero-order valence-electron chi connectivity index (χ0n) is 7.08. The van der Waals surface area contributed by atoms with Crippen molar-refractivity contribution in [1.82, 2.24) is 4.98 Å². The summed E-state index contributed by atoms with van der Waals surface area (Å²) in [4.78, 5) is 12.5. The Kier molecular flexibility index (Phi) is 3.61. The van der Waals surface area contributed by atoms with Crippen LogP contribution in [0.2, 0.25) is 0 Å². The minimum absolute atomic E-state index is 0.0802. The van der Waals surface area contributed by atoms with Crippen molar-refractivity contribution in [2.24, 2.45) is 0 Å². The van der Waals surface area contributed by atoms with Crippen LogP contribution in [0.4, 0.5) is 19.0 Å². The minimum atomic E-state index is -3.13. The van der Waals surface area contributed by atoms with Gasteiger partial charge in [0, 0.05) is 0 Å². The van der Waals surface area contributed by atoms with E-state index < -0.39 is 28.5 Å². The van der Waals surface area contributed by atoms with Gasteiger partial charge in [-0.2, -0.15) is 0 Å². The molecule has 0 aliphatic rings. The summed E-state index contributed by atoms with van der Waals surface area (Å²) in [6.45, 7) is 0. The van der Waals surface area contributed by atoms with E-state index in [4.69, 9.17) is 0 Å². The molecule has 0 aliphatic heterocycles. The maximum atomic E-state index is 13.0. The highest BCUT2D eigenvalue weighted by Crippen LogP contribution is 2.29. The molecule has 82 valence electrons. The zero-order valence-corrected chi connectivity index (χ0v) is 8.67. The average molecular weight is 285 g/mol. The molecular formula is C7H4BrF3N2O2. The standard InChI is InChI=1S/C7H4BrF3N2O2/c8-2-5-4(9)1-3(6(10)11)7(12-5)13(14)15/h1,6H,2H2. The zero-order chi connectivity index (χ0) is 11.6. The molecule has 0 saturated carbocycles. The minimum Gasteiger partial charge on any atom is -0.358 e. The lowest BCUT2D eigenvalue weighted by atomic mass is 10.2. The molecule has 0 aliphatic carbocycles. The number of nitro groups is 1. The summed E-state index contributed by atoms with van der Waals surface area (Å²) < 4.78 is 37.6. The molecule has 1 aromatic heterocycles. The lowest BCUT2D eigenvalue weighted by Crippen LogP contribution is -2.04. The summed E-state index contributed by atoms with van der Waals surface area (Å²) >= 11 is 2.84. The Labute approximate surface area is 90.4 Å². The van der Waals surface area contributed by atoms with E-state index in [0.717, 1.165) is 0 Å². The summed E-state index contributed by atoms with van der Waals surface area (Å²) in [5, 5.41) is 10.3. The Morgan fingerprint density at radius 3 is 2.60 bits per heavy atom. The van der Waals surface area contributed by atoms with E-state index in [9.17, 15) is 23.3 Å². The fourth-order valence-electron chi connectivity index (χ4n) is 0.931. The Bertz CT molecular complexity index is 400. The van der Waals surface area contributed by atoms with Gasteiger partial charge in [0.05, 0.1) is 5.33 Å². The van der Waals surface area contributed by atoms with Gasteiger partial charge in [-0.3, -0.25) is 0 Å². The van der Waals surface area contributed by atoms with Gasteiger partial charge >= 0.3 is 5.82 Å². The second-order valence-electron chi connectivity index (χ2n) is 2.52. The van der Waals surface area contributed by atoms with Crippen LogP contribution in [-0.2, 0) is 5.33 Å². The van der Waals surface area contributed by atoms with Crippen molar-refractivity contribution in [2.45, 2.75) is 11.8 Å². The van der Waals surface area contributed by atoms with Crippen LogP contribution >= 0.6 is 15.9 Å². The third-order valence-corrected chi connectivity index (χ3v) is 2.12. The number of nitrogens with zero attached hydrogens (tertiary/aromatic N) is 2. The Hall–Kier alpha value is -1.18. The average Bonchev–Trinajstić information content (AvgIpc) is 2.16. The van der Waals surface area contributed by atoms with Crippen molar-refractivity contribution in [3.05, 3.63) is 33.3 Å². The summed E-state index contributed by atoms with van der Waals surface area (Å²) in [7, 11) is 0. The van der Waals surface area contributed by atoms with Crippen molar-refractivity contribution < 1.29 is 18.1 Å². The van der Waals surface area contributed by atoms with E-state index in [-0.39, 0.29) is 11.0 Å². The smallest absolute Gasteiger partial charge is 0.358 e. The van der Waals surface area contributed by atoms with Gasteiger partial charge in [-0.05, 0) is 16.0 Å². The number of rotatable bonds is 3. The first-order chi connectivity index (χ1) is 6.97. The molecular weight excluding hydrogens is 281 g/mol. The molecule has 15 heavy (non-hydrogen) atoms. The molecule has 0 unspecified atom stereocenters. The van der Waals surface area contributed by atoms with Crippen LogP contribution in [0.15, 0.2) is 6.07 Å². The predicted molar refractivity (Wildman–Crippen MR) is 48.4 cm³/mol. The number of hydrogen-bond acceptors (Lipinski definition) is 3. The molecule has 0 fully saturated rings. The Balaban J connectivity index is 3.39. The topological polar surface area (TPSA) is 56.0 Å². The molecule has 0 atom stereocenters. The highest BCUT2D eigenvalue weighted by Gasteiger charge is 2.26. The van der Waals surface area contributed by atoms with Crippen LogP contribution in [0.1, 0.15) is 17.7 Å². The molecule has 0 bridgehead atoms. The fraction of sp³-hybridized carbons (Fsp3) is 0.286. The van der Waals surface area contributed by atoms with E-state index in [1.165, 1.54) is 0 Å². The third kappa shape index (κ3) is 2.44. The first kappa shape index (κ1) is 11.9. The molecule has 1 heterocycles. The molecule has 4 nitrogen and oxygen atoms in total. The molecule has 1 rings (SSSR count). The lowest BCUT2D eigenvalue weighted by Gasteiger charge is -2.02. The highest BCUT2D eigenvalue weighted by molar-refractivity contribution is 9.08. The van der Waals surface area contributed by atoms with Crippen molar-refractivity contribution in [3.63, 3.8) is 0 Å². The second-order valence-corrected chi connectivity index (χ2v) is 3.08. The van der Waals surface area contributed by atoms with Gasteiger partial charge in [-0.1, -0.05) is 15.9 Å². The van der Waals surface area contributed by atoms with Gasteiger partial charge in [0.15, 0.2) is 11.5 Å². The summed E-state index contributed by atoms with van der Waals surface area (Å²) in [6.07, 6.45) is -3.13. The largest absolute Gasteiger partial charge is 0.372 e. The monoisotopic (exact) mass is 284 g/mol. The number of alkyl halides is 3. The number of hydrogen-bond donors (Lipinski definition) is 0. The third-order valence-electron chi connectivity index (χ3n) is 1.59. The molecule has 0 N–H and O–H groups in total. The highest BCUT2D eigenvalue weighted by atomic mass is 79.9. The predicted octanol–water partition coefficient (Wildman–Crippen LogP) is 2.96. The van der Waals surface area contributed by atoms with Gasteiger partial charge in [0.1, 0.15) is 5.56 Å². The van der Waals surface area contributed by atoms with Crippen LogP contribution < -0.4 is 0 Å². The van der Waals surface area contributed by atoms with Crippen LogP contribution in [0.3, 0.4) is 0 Å². The summed E-state index contributed by atoms with van der Waals surface area (Å²) in [5.41, 5.74) is -1.28. The van der Waals surface area contributed by atoms with Crippen LogP contribution in [0, 0.1) is 15.9 Å². The van der Waals surface area contributed by atoms with Crippen LogP contribution in [-0.4, -0.2) is 9.91 Å². The fourth-order valence-corrected chi connectivity index (χ4v) is 1.32. The molecule has 0 spiro atoms. The van der Waals surface area contributed by atoms with Gasteiger partial charge in [0.2, 0.25) is 0 Å². The lowest BCUT2D eigenvalue weighted by molar-refractivity contribution is -0.391. The summed E-state index contributed by atoms with van der Waals surface area (Å²) in [6, 6.07) is 0.437. The van der Waals surface area contributed by atoms with E-state index >= 15 is 0 Å². The molecule has 8 heteroatoms. The van der Waals surface area contributed by atoms with E-state index in [0.29, 0.717) is 6.07 Å². The van der Waals surface area contributed by atoms with Crippen molar-refractivity contribution in [1.29, 1.82) is 0 Å².